The smallest absolute Gasteiger partial charge is 0.124 e. The third kappa shape index (κ3) is 2.35. The van der Waals surface area contributed by atoms with Crippen LogP contribution in [0.15, 0.2) is 48.5 Å². The van der Waals surface area contributed by atoms with Crippen molar-refractivity contribution in [1.29, 1.82) is 0 Å². The van der Waals surface area contributed by atoms with Gasteiger partial charge in [0, 0.05) is 9.58 Å². The molecule has 3 aromatic rings. The average Bonchev–Trinajstić information content (AvgIpc) is 2.84. The molecule has 3 rings (SSSR count). The lowest BCUT2D eigenvalue weighted by molar-refractivity contribution is 0.630. The minimum absolute atomic E-state index is 0.150. The molecule has 0 aliphatic carbocycles. The molecule has 20 heavy (non-hydrogen) atoms. The third-order valence-corrected chi connectivity index (χ3v) is 4.74. The summed E-state index contributed by atoms with van der Waals surface area (Å²) in [6.45, 7) is 2.12. The molecule has 1 unspecified atom stereocenters. The van der Waals surface area contributed by atoms with Crippen LogP contribution in [0.4, 0.5) is 4.39 Å². The molecule has 2 aromatic carbocycles. The predicted octanol–water partition coefficient (Wildman–Crippen LogP) is 4.66. The molecule has 1 N–H and O–H groups in total. The van der Waals surface area contributed by atoms with Crippen molar-refractivity contribution in [3.63, 3.8) is 0 Å². The molecule has 0 saturated heterocycles. The molecule has 0 spiro atoms. The van der Waals surface area contributed by atoms with Gasteiger partial charge in [0.15, 0.2) is 0 Å². The standard InChI is InChI=1S/C17H16FNS/c1-11-5-3-4-6-14(11)17(19-2)16-9-12-7-8-13(18)10-15(12)20-16/h3-10,17,19H,1-2H3. The van der Waals surface area contributed by atoms with Gasteiger partial charge in [0.2, 0.25) is 0 Å². The summed E-state index contributed by atoms with van der Waals surface area (Å²) in [6, 6.07) is 15.6. The van der Waals surface area contributed by atoms with Crippen LogP contribution in [0.5, 0.6) is 0 Å². The molecule has 0 radical (unpaired) electrons. The number of benzene rings is 2. The van der Waals surface area contributed by atoms with Crippen molar-refractivity contribution < 1.29 is 4.39 Å². The van der Waals surface area contributed by atoms with E-state index in [1.54, 1.807) is 17.4 Å². The normalized spacial score (nSPS) is 12.8. The molecule has 1 nitrogen and oxygen atoms in total. The molecule has 0 amide bonds. The Bertz CT molecular complexity index is 748. The summed E-state index contributed by atoms with van der Waals surface area (Å²) in [6.07, 6.45) is 0. The number of hydrogen-bond donors (Lipinski definition) is 1. The Hall–Kier alpha value is -1.71. The van der Waals surface area contributed by atoms with Crippen LogP contribution >= 0.6 is 11.3 Å². The van der Waals surface area contributed by atoms with Gasteiger partial charge >= 0.3 is 0 Å². The number of rotatable bonds is 3. The van der Waals surface area contributed by atoms with Gasteiger partial charge in [-0.25, -0.2) is 4.39 Å². The van der Waals surface area contributed by atoms with Crippen molar-refractivity contribution in [3.05, 3.63) is 70.4 Å². The van der Waals surface area contributed by atoms with Gasteiger partial charge in [-0.05, 0) is 48.7 Å². The van der Waals surface area contributed by atoms with E-state index in [4.69, 9.17) is 0 Å². The van der Waals surface area contributed by atoms with Crippen LogP contribution in [-0.2, 0) is 0 Å². The first kappa shape index (κ1) is 13.3. The van der Waals surface area contributed by atoms with E-state index in [0.717, 1.165) is 10.1 Å². The molecule has 0 bridgehead atoms. The Morgan fingerprint density at radius 2 is 1.90 bits per heavy atom. The molecular formula is C17H16FNS. The topological polar surface area (TPSA) is 12.0 Å². The maximum atomic E-state index is 13.3. The van der Waals surface area contributed by atoms with Crippen molar-refractivity contribution in [2.45, 2.75) is 13.0 Å². The van der Waals surface area contributed by atoms with Crippen molar-refractivity contribution in [2.24, 2.45) is 0 Å². The fourth-order valence-corrected chi connectivity index (χ4v) is 3.75. The summed E-state index contributed by atoms with van der Waals surface area (Å²) < 4.78 is 14.3. The fraction of sp³-hybridized carbons (Fsp3) is 0.176. The first-order chi connectivity index (χ1) is 9.69. The Morgan fingerprint density at radius 3 is 2.65 bits per heavy atom. The number of nitrogens with one attached hydrogen (secondary N) is 1. The second kappa shape index (κ2) is 5.35. The summed E-state index contributed by atoms with van der Waals surface area (Å²) in [4.78, 5) is 1.21. The zero-order valence-corrected chi connectivity index (χ0v) is 12.3. The SMILES string of the molecule is CNC(c1cc2ccc(F)cc2s1)c1ccccc1C. The minimum Gasteiger partial charge on any atom is -0.309 e. The van der Waals surface area contributed by atoms with Crippen molar-refractivity contribution >= 4 is 21.4 Å². The first-order valence-electron chi connectivity index (χ1n) is 6.61. The van der Waals surface area contributed by atoms with Crippen LogP contribution in [0.3, 0.4) is 0 Å². The van der Waals surface area contributed by atoms with Crippen LogP contribution in [0.2, 0.25) is 0 Å². The lowest BCUT2D eigenvalue weighted by Gasteiger charge is -2.17. The van der Waals surface area contributed by atoms with E-state index in [1.807, 2.05) is 19.2 Å². The molecular weight excluding hydrogens is 269 g/mol. The van der Waals surface area contributed by atoms with Gasteiger partial charge in [0.25, 0.3) is 0 Å². The summed E-state index contributed by atoms with van der Waals surface area (Å²) in [5.41, 5.74) is 2.53. The van der Waals surface area contributed by atoms with Crippen molar-refractivity contribution in [2.75, 3.05) is 7.05 Å². The van der Waals surface area contributed by atoms with Crippen molar-refractivity contribution in [1.82, 2.24) is 5.32 Å². The molecule has 1 heterocycles. The number of thiophene rings is 1. The van der Waals surface area contributed by atoms with Crippen molar-refractivity contribution in [3.8, 4) is 0 Å². The zero-order chi connectivity index (χ0) is 14.1. The highest BCUT2D eigenvalue weighted by Gasteiger charge is 2.16. The van der Waals surface area contributed by atoms with E-state index in [-0.39, 0.29) is 11.9 Å². The highest BCUT2D eigenvalue weighted by Crippen LogP contribution is 2.34. The second-order valence-corrected chi connectivity index (χ2v) is 6.02. The molecule has 0 aliphatic rings. The summed E-state index contributed by atoms with van der Waals surface area (Å²) >= 11 is 1.65. The van der Waals surface area contributed by atoms with Crippen LogP contribution < -0.4 is 5.32 Å². The number of halogens is 1. The van der Waals surface area contributed by atoms with Crippen LogP contribution in [-0.4, -0.2) is 7.05 Å². The largest absolute Gasteiger partial charge is 0.309 e. The molecule has 102 valence electrons. The van der Waals surface area contributed by atoms with E-state index in [1.165, 1.54) is 22.1 Å². The monoisotopic (exact) mass is 285 g/mol. The van der Waals surface area contributed by atoms with Gasteiger partial charge in [-0.15, -0.1) is 11.3 Å². The molecule has 0 saturated carbocycles. The quantitative estimate of drug-likeness (QED) is 0.738. The van der Waals surface area contributed by atoms with Gasteiger partial charge < -0.3 is 5.32 Å². The van der Waals surface area contributed by atoms with Gasteiger partial charge in [0.05, 0.1) is 6.04 Å². The van der Waals surface area contributed by atoms with Gasteiger partial charge in [-0.2, -0.15) is 0 Å². The first-order valence-corrected chi connectivity index (χ1v) is 7.42. The fourth-order valence-electron chi connectivity index (χ4n) is 2.53. The Labute approximate surface area is 122 Å². The predicted molar refractivity (Wildman–Crippen MR) is 83.9 cm³/mol. The molecule has 1 atom stereocenters. The van der Waals surface area contributed by atoms with Crippen LogP contribution in [0.25, 0.3) is 10.1 Å². The molecule has 3 heteroatoms. The second-order valence-electron chi connectivity index (χ2n) is 4.91. The van der Waals surface area contributed by atoms with E-state index in [9.17, 15) is 4.39 Å². The Balaban J connectivity index is 2.10. The van der Waals surface area contributed by atoms with Gasteiger partial charge in [-0.3, -0.25) is 0 Å². The number of aryl methyl sites for hydroxylation is 1. The van der Waals surface area contributed by atoms with E-state index in [2.05, 4.69) is 36.5 Å². The van der Waals surface area contributed by atoms with E-state index in [0.29, 0.717) is 0 Å². The summed E-state index contributed by atoms with van der Waals surface area (Å²) in [5, 5.41) is 4.47. The molecule has 1 aromatic heterocycles. The Kier molecular flexibility index (Phi) is 3.55. The summed E-state index contributed by atoms with van der Waals surface area (Å²) in [7, 11) is 1.96. The lowest BCUT2D eigenvalue weighted by Crippen LogP contribution is -2.17. The summed E-state index contributed by atoms with van der Waals surface area (Å²) in [5.74, 6) is -0.178. The number of fused-ring (bicyclic) bond motifs is 1. The maximum Gasteiger partial charge on any atom is 0.124 e. The lowest BCUT2D eigenvalue weighted by atomic mass is 10.00. The maximum absolute atomic E-state index is 13.3. The van der Waals surface area contributed by atoms with Gasteiger partial charge in [-0.1, -0.05) is 30.3 Å². The molecule has 0 aliphatic heterocycles. The van der Waals surface area contributed by atoms with E-state index >= 15 is 0 Å². The zero-order valence-electron chi connectivity index (χ0n) is 11.5. The average molecular weight is 285 g/mol. The molecule has 0 fully saturated rings. The highest BCUT2D eigenvalue weighted by atomic mass is 32.1. The minimum atomic E-state index is -0.178. The third-order valence-electron chi connectivity index (χ3n) is 3.57. The highest BCUT2D eigenvalue weighted by molar-refractivity contribution is 7.19. The van der Waals surface area contributed by atoms with E-state index < -0.39 is 0 Å². The van der Waals surface area contributed by atoms with Crippen LogP contribution in [0.1, 0.15) is 22.0 Å². The van der Waals surface area contributed by atoms with Gasteiger partial charge in [0.1, 0.15) is 5.82 Å². The number of hydrogen-bond acceptors (Lipinski definition) is 2. The Morgan fingerprint density at radius 1 is 1.10 bits per heavy atom. The van der Waals surface area contributed by atoms with Crippen LogP contribution in [0, 0.1) is 12.7 Å².